The van der Waals surface area contributed by atoms with E-state index in [2.05, 4.69) is 5.32 Å². The van der Waals surface area contributed by atoms with Gasteiger partial charge in [0.1, 0.15) is 18.6 Å². The van der Waals surface area contributed by atoms with E-state index in [-0.39, 0.29) is 18.7 Å². The lowest BCUT2D eigenvalue weighted by Crippen LogP contribution is -2.28. The van der Waals surface area contributed by atoms with Crippen molar-refractivity contribution in [3.05, 3.63) is 0 Å². The van der Waals surface area contributed by atoms with Crippen LogP contribution < -0.4 is 10.9 Å². The molecule has 29 heavy (non-hydrogen) atoms. The van der Waals surface area contributed by atoms with Crippen molar-refractivity contribution in [3.63, 3.8) is 0 Å². The fourth-order valence-electron chi connectivity index (χ4n) is 1.40. The second-order valence-electron chi connectivity index (χ2n) is 4.38. The smallest absolute Gasteiger partial charge is 0.317 e. The van der Waals surface area contributed by atoms with Gasteiger partial charge in [0, 0.05) is 43.6 Å². The molecular weight excluding hydrogens is 439 g/mol. The van der Waals surface area contributed by atoms with Crippen LogP contribution in [-0.2, 0) is 28.7 Å². The van der Waals surface area contributed by atoms with E-state index >= 15 is 0 Å². The number of ether oxygens (including phenoxy) is 2. The van der Waals surface area contributed by atoms with Gasteiger partial charge in [0.2, 0.25) is 5.91 Å². The van der Waals surface area contributed by atoms with Gasteiger partial charge in [-0.15, -0.1) is 4.48 Å². The summed E-state index contributed by atoms with van der Waals surface area (Å²) in [5.41, 5.74) is 0.900. The standard InChI is InChI=1S/C12H19FN2O6.4F2/c1-7(4-9(16)14-3)20-11(18)6-12(19)21-8(2)5-10(17)15-13;4*1-2/h7-8H,4-6H2,1-3H3,(H,14,16)(H,15,17);;;;. The van der Waals surface area contributed by atoms with Crippen LogP contribution in [0, 0.1) is 0 Å². The lowest BCUT2D eigenvalue weighted by Gasteiger charge is -2.14. The van der Waals surface area contributed by atoms with Gasteiger partial charge in [0.05, 0.1) is 12.8 Å². The number of hydrogen-bond acceptors (Lipinski definition) is 6. The first-order chi connectivity index (χ1) is 13.8. The van der Waals surface area contributed by atoms with Crippen LogP contribution in [0.4, 0.5) is 41.1 Å². The molecule has 2 N–H and O–H groups in total. The molecule has 2 unspecified atom stereocenters. The highest BCUT2D eigenvalue weighted by molar-refractivity contribution is 5.91. The molecule has 0 saturated carbocycles. The topological polar surface area (TPSA) is 111 Å². The highest BCUT2D eigenvalue weighted by Crippen LogP contribution is 2.04. The number of carbonyl (C=O) groups excluding carboxylic acids is 4. The SMILES string of the molecule is CNC(=O)CC(C)OC(=O)CC(=O)OC(C)CC(=O)NF.FF.FF.FF.FF. The Bertz CT molecular complexity index is 385. The molecule has 17 heteroatoms. The number of esters is 2. The zero-order chi connectivity index (χ0) is 24.4. The Morgan fingerprint density at radius 2 is 1.03 bits per heavy atom. The lowest BCUT2D eigenvalue weighted by molar-refractivity contribution is -0.160. The third-order valence-electron chi connectivity index (χ3n) is 2.28. The van der Waals surface area contributed by atoms with E-state index in [9.17, 15) is 23.7 Å². The third-order valence-corrected chi connectivity index (χ3v) is 2.28. The minimum atomic E-state index is -0.933. The minimum absolute atomic E-state index is 0.0235. The number of rotatable bonds is 8. The van der Waals surface area contributed by atoms with Crippen molar-refractivity contribution in [2.75, 3.05) is 7.05 Å². The molecule has 0 aromatic rings. The van der Waals surface area contributed by atoms with Crippen LogP contribution in [0.15, 0.2) is 0 Å². The molecule has 8 nitrogen and oxygen atoms in total. The lowest BCUT2D eigenvalue weighted by atomic mass is 10.2. The quantitative estimate of drug-likeness (QED) is 0.250. The number of nitrogens with one attached hydrogen (secondary N) is 2. The van der Waals surface area contributed by atoms with Crippen molar-refractivity contribution < 1.29 is 69.7 Å². The second-order valence-corrected chi connectivity index (χ2v) is 4.38. The van der Waals surface area contributed by atoms with E-state index in [1.165, 1.54) is 20.9 Å². The Morgan fingerprint density at radius 1 is 0.724 bits per heavy atom. The molecule has 2 amide bonds. The first-order valence-electron chi connectivity index (χ1n) is 6.84. The Kier molecular flexibility index (Phi) is 38.3. The zero-order valence-corrected chi connectivity index (χ0v) is 15.1. The molecule has 0 radical (unpaired) electrons. The maximum Gasteiger partial charge on any atom is 0.317 e. The van der Waals surface area contributed by atoms with Gasteiger partial charge in [-0.3, -0.25) is 19.2 Å². The van der Waals surface area contributed by atoms with E-state index in [0.29, 0.717) is 0 Å². The predicted molar refractivity (Wildman–Crippen MR) is 77.1 cm³/mol. The maximum absolute atomic E-state index is 11.7. The summed E-state index contributed by atoms with van der Waals surface area (Å²) in [4.78, 5) is 44.5. The molecule has 0 fully saturated rings. The molecule has 2 atom stereocenters. The third kappa shape index (κ3) is 30.2. The summed E-state index contributed by atoms with van der Waals surface area (Å²) in [6, 6.07) is 0. The summed E-state index contributed by atoms with van der Waals surface area (Å²) in [6.45, 7) is 2.89. The Hall–Kier alpha value is -2.75. The van der Waals surface area contributed by atoms with E-state index in [4.69, 9.17) is 46.1 Å². The Morgan fingerprint density at radius 3 is 1.31 bits per heavy atom. The molecule has 0 saturated heterocycles. The first kappa shape index (κ1) is 37.1. The largest absolute Gasteiger partial charge is 0.462 e. The number of amides is 2. The van der Waals surface area contributed by atoms with E-state index < -0.39 is 36.5 Å². The highest BCUT2D eigenvalue weighted by atomic mass is 20.0. The molecular formula is C12H19F9N2O6. The number of halogens is 9. The maximum atomic E-state index is 11.7. The van der Waals surface area contributed by atoms with Crippen molar-refractivity contribution in [3.8, 4) is 0 Å². The van der Waals surface area contributed by atoms with Crippen molar-refractivity contribution in [1.82, 2.24) is 10.9 Å². The van der Waals surface area contributed by atoms with Gasteiger partial charge in [-0.25, -0.2) is 0 Å². The molecule has 0 aliphatic heterocycles. The van der Waals surface area contributed by atoms with Crippen LogP contribution in [0.2, 0.25) is 0 Å². The van der Waals surface area contributed by atoms with Crippen LogP contribution in [0.3, 0.4) is 0 Å². The van der Waals surface area contributed by atoms with Crippen molar-refractivity contribution in [2.24, 2.45) is 0 Å². The highest BCUT2D eigenvalue weighted by Gasteiger charge is 2.19. The second kappa shape index (κ2) is 30.0. The Labute approximate surface area is 158 Å². The fraction of sp³-hybridized carbons (Fsp3) is 0.667. The average molecular weight is 458 g/mol. The van der Waals surface area contributed by atoms with Crippen molar-refractivity contribution >= 4 is 23.8 Å². The Balaban J connectivity index is -0.000000212. The van der Waals surface area contributed by atoms with Gasteiger partial charge >= 0.3 is 11.9 Å². The summed E-state index contributed by atoms with van der Waals surface area (Å²) in [5, 5.41) is 2.37. The molecule has 0 aliphatic rings. The molecule has 0 bridgehead atoms. The predicted octanol–water partition coefficient (Wildman–Crippen LogP) is 3.13. The molecule has 0 spiro atoms. The molecule has 0 aliphatic carbocycles. The minimum Gasteiger partial charge on any atom is -0.462 e. The van der Waals surface area contributed by atoms with E-state index in [1.54, 1.807) is 0 Å². The summed E-state index contributed by atoms with van der Waals surface area (Å²) in [6.07, 6.45) is -2.58. The monoisotopic (exact) mass is 458 g/mol. The van der Waals surface area contributed by atoms with Gasteiger partial charge in [0.15, 0.2) is 0 Å². The summed E-state index contributed by atoms with van der Waals surface area (Å²) >= 11 is 0. The van der Waals surface area contributed by atoms with Crippen LogP contribution in [0.5, 0.6) is 0 Å². The van der Waals surface area contributed by atoms with Crippen LogP contribution >= 0.6 is 0 Å². The zero-order valence-electron chi connectivity index (χ0n) is 15.1. The van der Waals surface area contributed by atoms with Crippen LogP contribution in [0.1, 0.15) is 33.1 Å². The number of carbonyl (C=O) groups is 4. The van der Waals surface area contributed by atoms with Gasteiger partial charge < -0.3 is 14.8 Å². The number of hydrogen-bond donors (Lipinski definition) is 2. The van der Waals surface area contributed by atoms with Gasteiger partial charge in [-0.2, -0.15) is 5.54 Å². The molecule has 0 rings (SSSR count). The average Bonchev–Trinajstić information content (AvgIpc) is 2.73. The molecule has 0 aromatic heterocycles. The van der Waals surface area contributed by atoms with Crippen molar-refractivity contribution in [1.29, 1.82) is 0 Å². The van der Waals surface area contributed by atoms with Crippen LogP contribution in [-0.4, -0.2) is 43.0 Å². The first-order valence-corrected chi connectivity index (χ1v) is 6.84. The van der Waals surface area contributed by atoms with Crippen molar-refractivity contribution in [2.45, 2.75) is 45.3 Å². The van der Waals surface area contributed by atoms with Gasteiger partial charge in [-0.05, 0) is 13.8 Å². The fourth-order valence-corrected chi connectivity index (χ4v) is 1.40. The molecule has 176 valence electrons. The normalized spacial score (nSPS) is 10.1. The van der Waals surface area contributed by atoms with Gasteiger partial charge in [0.25, 0.3) is 5.91 Å². The molecule has 0 aromatic carbocycles. The van der Waals surface area contributed by atoms with Crippen LogP contribution in [0.25, 0.3) is 0 Å². The summed E-state index contributed by atoms with van der Waals surface area (Å²) in [7, 11) is 1.45. The van der Waals surface area contributed by atoms with Gasteiger partial charge in [-0.1, -0.05) is 0 Å². The van der Waals surface area contributed by atoms with E-state index in [0.717, 1.165) is 5.54 Å². The van der Waals surface area contributed by atoms with E-state index in [1.807, 2.05) is 0 Å². The molecule has 0 heterocycles. The summed E-state index contributed by atoms with van der Waals surface area (Å²) in [5.74, 6) is -2.98. The summed E-state index contributed by atoms with van der Waals surface area (Å²) < 4.78 is 85.3.